The molecular weight excluding hydrogens is 374 g/mol. The molecule has 1 aromatic rings. The zero-order valence-electron chi connectivity index (χ0n) is 18.7. The summed E-state index contributed by atoms with van der Waals surface area (Å²) < 4.78 is 6.45. The molecule has 164 valence electrons. The molecule has 0 radical (unpaired) electrons. The van der Waals surface area contributed by atoms with Gasteiger partial charge in [-0.1, -0.05) is 26.0 Å². The van der Waals surface area contributed by atoms with Gasteiger partial charge in [-0.3, -0.25) is 9.69 Å². The Balaban J connectivity index is 1.24. The fourth-order valence-corrected chi connectivity index (χ4v) is 6.22. The highest BCUT2D eigenvalue weighted by Crippen LogP contribution is 2.47. The fourth-order valence-electron chi connectivity index (χ4n) is 6.22. The van der Waals surface area contributed by atoms with Crippen LogP contribution in [0, 0.1) is 11.8 Å². The number of hydrogen-bond acceptors (Lipinski definition) is 4. The van der Waals surface area contributed by atoms with Gasteiger partial charge in [0.1, 0.15) is 5.72 Å². The van der Waals surface area contributed by atoms with Gasteiger partial charge in [-0.05, 0) is 49.3 Å². The molecule has 1 unspecified atom stereocenters. The zero-order chi connectivity index (χ0) is 20.7. The van der Waals surface area contributed by atoms with E-state index in [-0.39, 0.29) is 11.8 Å². The van der Waals surface area contributed by atoms with Crippen molar-refractivity contribution >= 4 is 11.6 Å². The first-order chi connectivity index (χ1) is 14.6. The third kappa shape index (κ3) is 3.54. The van der Waals surface area contributed by atoms with Crippen molar-refractivity contribution in [3.05, 3.63) is 29.8 Å². The van der Waals surface area contributed by atoms with E-state index < -0.39 is 0 Å². The highest BCUT2D eigenvalue weighted by molar-refractivity contribution is 5.78. The van der Waals surface area contributed by atoms with Gasteiger partial charge in [0.25, 0.3) is 0 Å². The van der Waals surface area contributed by atoms with Crippen molar-refractivity contribution in [2.24, 2.45) is 11.8 Å². The zero-order valence-corrected chi connectivity index (χ0v) is 18.7. The smallest absolute Gasteiger partial charge is 0.225 e. The van der Waals surface area contributed by atoms with E-state index in [9.17, 15) is 4.79 Å². The molecule has 30 heavy (non-hydrogen) atoms. The molecule has 4 saturated heterocycles. The van der Waals surface area contributed by atoms with E-state index in [4.69, 9.17) is 4.74 Å². The van der Waals surface area contributed by atoms with E-state index in [2.05, 4.69) is 52.8 Å². The number of anilines is 1. The molecule has 4 aliphatic heterocycles. The summed E-state index contributed by atoms with van der Waals surface area (Å²) in [6.07, 6.45) is 6.59. The van der Waals surface area contributed by atoms with Crippen molar-refractivity contribution < 1.29 is 9.53 Å². The predicted octanol–water partition coefficient (Wildman–Crippen LogP) is 3.87. The summed E-state index contributed by atoms with van der Waals surface area (Å²) in [7, 11) is 0. The number of ether oxygens (including phenoxy) is 1. The first-order valence-electron chi connectivity index (χ1n) is 12.1. The first kappa shape index (κ1) is 20.3. The molecule has 1 amide bonds. The molecule has 0 aliphatic carbocycles. The van der Waals surface area contributed by atoms with Gasteiger partial charge >= 0.3 is 0 Å². The van der Waals surface area contributed by atoms with Crippen LogP contribution in [0.4, 0.5) is 5.69 Å². The van der Waals surface area contributed by atoms with Gasteiger partial charge in [0.2, 0.25) is 5.91 Å². The average Bonchev–Trinajstić information content (AvgIpc) is 3.17. The highest BCUT2D eigenvalue weighted by Gasteiger charge is 2.58. The molecule has 3 atom stereocenters. The number of rotatable bonds is 4. The van der Waals surface area contributed by atoms with Crippen LogP contribution in [0.5, 0.6) is 0 Å². The molecular formula is C25H37N3O2. The number of carbonyl (C=O) groups excluding carboxylic acids is 1. The van der Waals surface area contributed by atoms with Gasteiger partial charge in [0.15, 0.2) is 0 Å². The molecule has 0 N–H and O–H groups in total. The predicted molar refractivity (Wildman–Crippen MR) is 119 cm³/mol. The number of hydrogen-bond donors (Lipinski definition) is 0. The molecule has 0 saturated carbocycles. The number of benzene rings is 1. The Morgan fingerprint density at radius 2 is 1.87 bits per heavy atom. The van der Waals surface area contributed by atoms with E-state index >= 15 is 0 Å². The number of piperidine rings is 3. The van der Waals surface area contributed by atoms with Crippen LogP contribution in [0.1, 0.15) is 57.9 Å². The van der Waals surface area contributed by atoms with Crippen molar-refractivity contribution in [1.29, 1.82) is 0 Å². The van der Waals surface area contributed by atoms with Crippen LogP contribution in [0.2, 0.25) is 0 Å². The number of nitrogens with zero attached hydrogens (tertiary/aromatic N) is 3. The average molecular weight is 412 g/mol. The molecule has 5 heteroatoms. The van der Waals surface area contributed by atoms with Crippen LogP contribution >= 0.6 is 0 Å². The van der Waals surface area contributed by atoms with Gasteiger partial charge in [-0.25, -0.2) is 0 Å². The van der Waals surface area contributed by atoms with Gasteiger partial charge in [0, 0.05) is 57.2 Å². The molecule has 0 aromatic heterocycles. The van der Waals surface area contributed by atoms with Crippen molar-refractivity contribution in [3.63, 3.8) is 0 Å². The topological polar surface area (TPSA) is 36.0 Å². The van der Waals surface area contributed by atoms with Crippen LogP contribution in [-0.4, -0.2) is 60.3 Å². The molecule has 4 fully saturated rings. The Labute approximate surface area is 181 Å². The summed E-state index contributed by atoms with van der Waals surface area (Å²) in [5.41, 5.74) is 2.43. The maximum Gasteiger partial charge on any atom is 0.225 e. The minimum atomic E-state index is -0.334. The first-order valence-corrected chi connectivity index (χ1v) is 12.1. The van der Waals surface area contributed by atoms with Crippen molar-refractivity contribution in [3.8, 4) is 0 Å². The monoisotopic (exact) mass is 411 g/mol. The third-order valence-corrected chi connectivity index (χ3v) is 7.95. The number of likely N-dealkylation sites (tertiary alicyclic amines) is 1. The van der Waals surface area contributed by atoms with Crippen LogP contribution in [0.15, 0.2) is 24.3 Å². The third-order valence-electron chi connectivity index (χ3n) is 7.95. The van der Waals surface area contributed by atoms with E-state index in [0.717, 1.165) is 32.5 Å². The normalized spacial score (nSPS) is 32.4. The molecule has 4 aliphatic rings. The second-order valence-electron chi connectivity index (χ2n) is 10.2. The van der Waals surface area contributed by atoms with Gasteiger partial charge in [-0.2, -0.15) is 0 Å². The van der Waals surface area contributed by atoms with Crippen LogP contribution in [0.25, 0.3) is 0 Å². The summed E-state index contributed by atoms with van der Waals surface area (Å²) in [4.78, 5) is 20.1. The van der Waals surface area contributed by atoms with Crippen LogP contribution in [0.3, 0.4) is 0 Å². The minimum absolute atomic E-state index is 0.245. The summed E-state index contributed by atoms with van der Waals surface area (Å²) in [5.74, 6) is 1.19. The largest absolute Gasteiger partial charge is 0.372 e. The lowest BCUT2D eigenvalue weighted by molar-refractivity contribution is -0.193. The number of carbonyl (C=O) groups is 1. The van der Waals surface area contributed by atoms with E-state index in [0.29, 0.717) is 30.8 Å². The van der Waals surface area contributed by atoms with E-state index in [1.165, 1.54) is 43.6 Å². The molecule has 5 rings (SSSR count). The quantitative estimate of drug-likeness (QED) is 0.754. The van der Waals surface area contributed by atoms with Crippen molar-refractivity contribution in [2.45, 2.75) is 70.7 Å². The molecule has 1 spiro atoms. The maximum atomic E-state index is 12.8. The molecule has 5 nitrogen and oxygen atoms in total. The standard InChI is InChI=1S/C25H37N3O2/c1-19(2)23-18-30-25-12-15-26(17-21(25)8-11-24(29)28(23)25)16-20-6-9-22(10-7-20)27-13-4-3-5-14-27/h6-7,9-10,19,21,23H,3-5,8,11-18H2,1-2H3/t21-,23-,25?/m1/s1. The second kappa shape index (κ2) is 8.16. The van der Waals surface area contributed by atoms with E-state index in [1.807, 2.05) is 0 Å². The molecule has 0 bridgehead atoms. The van der Waals surface area contributed by atoms with Gasteiger partial charge < -0.3 is 14.5 Å². The van der Waals surface area contributed by atoms with Gasteiger partial charge in [0.05, 0.1) is 12.6 Å². The summed E-state index contributed by atoms with van der Waals surface area (Å²) in [6, 6.07) is 9.48. The van der Waals surface area contributed by atoms with Gasteiger partial charge in [-0.15, -0.1) is 0 Å². The lowest BCUT2D eigenvalue weighted by atomic mass is 9.79. The molecule has 1 aromatic carbocycles. The lowest BCUT2D eigenvalue weighted by Crippen LogP contribution is -2.65. The van der Waals surface area contributed by atoms with Crippen LogP contribution < -0.4 is 4.90 Å². The minimum Gasteiger partial charge on any atom is -0.372 e. The Hall–Kier alpha value is -1.59. The summed E-state index contributed by atoms with van der Waals surface area (Å²) in [5, 5.41) is 0. The van der Waals surface area contributed by atoms with E-state index in [1.54, 1.807) is 0 Å². The Kier molecular flexibility index (Phi) is 5.53. The number of amides is 1. The van der Waals surface area contributed by atoms with Crippen molar-refractivity contribution in [1.82, 2.24) is 9.80 Å². The summed E-state index contributed by atoms with van der Waals surface area (Å²) >= 11 is 0. The Morgan fingerprint density at radius 3 is 2.60 bits per heavy atom. The maximum absolute atomic E-state index is 12.8. The van der Waals surface area contributed by atoms with Crippen molar-refractivity contribution in [2.75, 3.05) is 37.7 Å². The van der Waals surface area contributed by atoms with Crippen LogP contribution in [-0.2, 0) is 16.1 Å². The second-order valence-corrected chi connectivity index (χ2v) is 10.2. The Bertz CT molecular complexity index is 758. The fraction of sp³-hybridized carbons (Fsp3) is 0.720. The highest BCUT2D eigenvalue weighted by atomic mass is 16.5. The summed E-state index contributed by atoms with van der Waals surface area (Å²) in [6.45, 7) is 10.6. The lowest BCUT2D eigenvalue weighted by Gasteiger charge is -2.53. The molecule has 4 heterocycles. The SMILES string of the molecule is CC(C)[C@H]1COC23CCN(Cc4ccc(N5CCCCC5)cc4)C[C@H]2CCC(=O)N13. The Morgan fingerprint density at radius 1 is 1.10 bits per heavy atom.